The molecule has 1 heterocycles. The summed E-state index contributed by atoms with van der Waals surface area (Å²) in [6, 6.07) is 8.48. The molecule has 24 heavy (non-hydrogen) atoms. The maximum absolute atomic E-state index is 12.1. The van der Waals surface area contributed by atoms with Gasteiger partial charge in [-0.15, -0.1) is 0 Å². The van der Waals surface area contributed by atoms with Crippen molar-refractivity contribution in [1.82, 2.24) is 4.98 Å². The van der Waals surface area contributed by atoms with Crippen LogP contribution in [0.1, 0.15) is 17.3 Å². The second-order valence-corrected chi connectivity index (χ2v) is 5.07. The average Bonchev–Trinajstić information content (AvgIpc) is 2.55. The van der Waals surface area contributed by atoms with Crippen molar-refractivity contribution < 1.29 is 19.2 Å². The Labute approximate surface area is 141 Å². The van der Waals surface area contributed by atoms with Gasteiger partial charge < -0.3 is 10.1 Å². The van der Waals surface area contributed by atoms with Crippen molar-refractivity contribution in [2.45, 2.75) is 13.0 Å². The van der Waals surface area contributed by atoms with Crippen LogP contribution in [0.5, 0.6) is 0 Å². The lowest BCUT2D eigenvalue weighted by Gasteiger charge is -2.13. The van der Waals surface area contributed by atoms with Crippen molar-refractivity contribution in [3.8, 4) is 0 Å². The molecule has 0 aliphatic heterocycles. The van der Waals surface area contributed by atoms with Gasteiger partial charge in [0, 0.05) is 12.3 Å². The summed E-state index contributed by atoms with van der Waals surface area (Å²) in [5, 5.41) is 13.5. The third-order valence-electron chi connectivity index (χ3n) is 2.97. The molecular weight excluding hydrogens is 338 g/mol. The Morgan fingerprint density at radius 3 is 2.62 bits per heavy atom. The van der Waals surface area contributed by atoms with Crippen LogP contribution < -0.4 is 5.32 Å². The number of nitrogens with one attached hydrogen (secondary N) is 1. The Balaban J connectivity index is 2.04. The van der Waals surface area contributed by atoms with Crippen LogP contribution in [0, 0.1) is 10.1 Å². The van der Waals surface area contributed by atoms with Crippen LogP contribution in [0.15, 0.2) is 42.6 Å². The highest BCUT2D eigenvalue weighted by molar-refractivity contribution is 6.29. The van der Waals surface area contributed by atoms with Crippen molar-refractivity contribution in [1.29, 1.82) is 0 Å². The maximum atomic E-state index is 12.1. The van der Waals surface area contributed by atoms with E-state index in [4.69, 9.17) is 16.3 Å². The summed E-state index contributed by atoms with van der Waals surface area (Å²) in [5.41, 5.74) is -0.112. The molecule has 0 unspecified atom stereocenters. The summed E-state index contributed by atoms with van der Waals surface area (Å²) in [6.45, 7) is 1.35. The predicted molar refractivity (Wildman–Crippen MR) is 85.9 cm³/mol. The molecule has 0 fully saturated rings. The molecule has 0 saturated heterocycles. The van der Waals surface area contributed by atoms with E-state index in [1.54, 1.807) is 6.07 Å². The van der Waals surface area contributed by atoms with Crippen LogP contribution in [0.3, 0.4) is 0 Å². The van der Waals surface area contributed by atoms with E-state index in [0.717, 1.165) is 0 Å². The zero-order chi connectivity index (χ0) is 17.7. The Kier molecular flexibility index (Phi) is 5.43. The van der Waals surface area contributed by atoms with Gasteiger partial charge in [0.25, 0.3) is 11.6 Å². The van der Waals surface area contributed by atoms with Gasteiger partial charge in [-0.1, -0.05) is 23.7 Å². The molecule has 1 aromatic carbocycles. The zero-order valence-corrected chi connectivity index (χ0v) is 13.2. The van der Waals surface area contributed by atoms with E-state index >= 15 is 0 Å². The Bertz CT molecular complexity index is 779. The topological polar surface area (TPSA) is 111 Å². The third kappa shape index (κ3) is 4.26. The first-order valence-corrected chi connectivity index (χ1v) is 7.13. The predicted octanol–water partition coefficient (Wildman–Crippen LogP) is 2.83. The standard InChI is InChI=1S/C15H12ClN3O5/c1-9(24-15(21)10-6-7-13(16)17-8-10)14(20)18-11-4-2-3-5-12(11)19(22)23/h2-9H,1H3,(H,18,20)/t9-/m0/s1. The van der Waals surface area contributed by atoms with Crippen molar-refractivity contribution >= 4 is 34.9 Å². The fourth-order valence-corrected chi connectivity index (χ4v) is 1.86. The van der Waals surface area contributed by atoms with Crippen LogP contribution >= 0.6 is 11.6 Å². The maximum Gasteiger partial charge on any atom is 0.340 e. The first-order chi connectivity index (χ1) is 11.4. The third-order valence-corrected chi connectivity index (χ3v) is 3.20. The number of rotatable bonds is 5. The summed E-state index contributed by atoms with van der Waals surface area (Å²) in [6.07, 6.45) is 0.0603. The molecule has 0 spiro atoms. The summed E-state index contributed by atoms with van der Waals surface area (Å²) < 4.78 is 5.01. The number of ether oxygens (including phenoxy) is 1. The number of carbonyl (C=O) groups is 2. The number of nitro groups is 1. The van der Waals surface area contributed by atoms with Crippen molar-refractivity contribution in [2.24, 2.45) is 0 Å². The van der Waals surface area contributed by atoms with Gasteiger partial charge in [-0.2, -0.15) is 0 Å². The molecule has 1 amide bonds. The highest BCUT2D eigenvalue weighted by Gasteiger charge is 2.22. The van der Waals surface area contributed by atoms with Gasteiger partial charge in [0.2, 0.25) is 0 Å². The lowest BCUT2D eigenvalue weighted by Crippen LogP contribution is -2.30. The Hall–Kier alpha value is -3.00. The summed E-state index contributed by atoms with van der Waals surface area (Å²) >= 11 is 5.62. The highest BCUT2D eigenvalue weighted by atomic mass is 35.5. The minimum absolute atomic E-state index is 0.0172. The van der Waals surface area contributed by atoms with Gasteiger partial charge in [0.05, 0.1) is 10.5 Å². The number of halogens is 1. The molecule has 1 atom stereocenters. The minimum Gasteiger partial charge on any atom is -0.449 e. The molecule has 2 aromatic rings. The molecule has 1 aromatic heterocycles. The van der Waals surface area contributed by atoms with Crippen molar-refractivity contribution in [3.63, 3.8) is 0 Å². The van der Waals surface area contributed by atoms with Gasteiger partial charge in [0.15, 0.2) is 6.10 Å². The zero-order valence-electron chi connectivity index (χ0n) is 12.4. The molecular formula is C15H12ClN3O5. The van der Waals surface area contributed by atoms with E-state index in [-0.39, 0.29) is 22.1 Å². The minimum atomic E-state index is -1.16. The largest absolute Gasteiger partial charge is 0.449 e. The van der Waals surface area contributed by atoms with E-state index in [1.807, 2.05) is 0 Å². The molecule has 0 radical (unpaired) electrons. The van der Waals surface area contributed by atoms with Gasteiger partial charge in [-0.05, 0) is 25.1 Å². The van der Waals surface area contributed by atoms with Gasteiger partial charge in [0.1, 0.15) is 10.8 Å². The monoisotopic (exact) mass is 349 g/mol. The van der Waals surface area contributed by atoms with Crippen LogP contribution in [0.25, 0.3) is 0 Å². The lowest BCUT2D eigenvalue weighted by molar-refractivity contribution is -0.383. The molecule has 0 saturated carbocycles. The van der Waals surface area contributed by atoms with E-state index in [1.165, 1.54) is 43.5 Å². The Morgan fingerprint density at radius 2 is 2.00 bits per heavy atom. The molecule has 0 aliphatic carbocycles. The number of para-hydroxylation sites is 2. The van der Waals surface area contributed by atoms with E-state index in [9.17, 15) is 19.7 Å². The smallest absolute Gasteiger partial charge is 0.340 e. The molecule has 9 heteroatoms. The first kappa shape index (κ1) is 17.4. The number of hydrogen-bond acceptors (Lipinski definition) is 6. The number of carbonyl (C=O) groups excluding carboxylic acids is 2. The second-order valence-electron chi connectivity index (χ2n) is 4.68. The number of nitro benzene ring substituents is 1. The van der Waals surface area contributed by atoms with Gasteiger partial charge in [-0.25, -0.2) is 9.78 Å². The number of benzene rings is 1. The van der Waals surface area contributed by atoms with Crippen molar-refractivity contribution in [2.75, 3.05) is 5.32 Å². The molecule has 124 valence electrons. The SMILES string of the molecule is C[C@H](OC(=O)c1ccc(Cl)nc1)C(=O)Nc1ccccc1[N+](=O)[O-]. The van der Waals surface area contributed by atoms with E-state index in [2.05, 4.69) is 10.3 Å². The summed E-state index contributed by atoms with van der Waals surface area (Å²) in [7, 11) is 0. The summed E-state index contributed by atoms with van der Waals surface area (Å²) in [4.78, 5) is 38.0. The number of esters is 1. The molecule has 0 bridgehead atoms. The number of nitrogens with zero attached hydrogens (tertiary/aromatic N) is 2. The number of amides is 1. The quantitative estimate of drug-likeness (QED) is 0.384. The van der Waals surface area contributed by atoms with Gasteiger partial charge >= 0.3 is 5.97 Å². The van der Waals surface area contributed by atoms with Crippen LogP contribution in [0.2, 0.25) is 5.15 Å². The number of hydrogen-bond donors (Lipinski definition) is 1. The fourth-order valence-electron chi connectivity index (χ4n) is 1.75. The number of pyridine rings is 1. The normalized spacial score (nSPS) is 11.4. The molecule has 1 N–H and O–H groups in total. The molecule has 0 aliphatic rings. The highest BCUT2D eigenvalue weighted by Crippen LogP contribution is 2.23. The van der Waals surface area contributed by atoms with Crippen LogP contribution in [-0.2, 0) is 9.53 Å². The van der Waals surface area contributed by atoms with Crippen LogP contribution in [-0.4, -0.2) is 27.9 Å². The fraction of sp³-hybridized carbons (Fsp3) is 0.133. The van der Waals surface area contributed by atoms with Crippen molar-refractivity contribution in [3.05, 3.63) is 63.4 Å². The van der Waals surface area contributed by atoms with E-state index < -0.39 is 22.9 Å². The number of aromatic nitrogens is 1. The van der Waals surface area contributed by atoms with E-state index in [0.29, 0.717) is 0 Å². The second kappa shape index (κ2) is 7.51. The van der Waals surface area contributed by atoms with Gasteiger partial charge in [-0.3, -0.25) is 14.9 Å². The molecule has 2 rings (SSSR count). The van der Waals surface area contributed by atoms with Crippen LogP contribution in [0.4, 0.5) is 11.4 Å². The summed E-state index contributed by atoms with van der Waals surface area (Å²) in [5.74, 6) is -1.45. The Morgan fingerprint density at radius 1 is 1.29 bits per heavy atom. The molecule has 8 nitrogen and oxygen atoms in total. The number of anilines is 1. The average molecular weight is 350 g/mol. The lowest BCUT2D eigenvalue weighted by atomic mass is 10.2. The first-order valence-electron chi connectivity index (χ1n) is 6.75.